The first-order chi connectivity index (χ1) is 14.9. The number of amides is 1. The van der Waals surface area contributed by atoms with Gasteiger partial charge in [0.25, 0.3) is 0 Å². The van der Waals surface area contributed by atoms with Crippen molar-refractivity contribution in [3.63, 3.8) is 0 Å². The maximum atomic E-state index is 13.2. The average molecular weight is 434 g/mol. The molecular weight excluding hydrogens is 410 g/mol. The van der Waals surface area contributed by atoms with Crippen molar-refractivity contribution in [3.05, 3.63) is 95.9 Å². The van der Waals surface area contributed by atoms with Crippen molar-refractivity contribution in [3.8, 4) is 0 Å². The smallest absolute Gasteiger partial charge is 0.240 e. The van der Waals surface area contributed by atoms with Crippen LogP contribution in [-0.2, 0) is 33.5 Å². The van der Waals surface area contributed by atoms with E-state index in [0.717, 1.165) is 16.8 Å². The van der Waals surface area contributed by atoms with Crippen LogP contribution < -0.4 is 5.32 Å². The number of nitrogens with one attached hydrogen (secondary N) is 1. The monoisotopic (exact) mass is 433 g/mol. The molecule has 0 atom stereocenters. The van der Waals surface area contributed by atoms with Crippen LogP contribution in [0.3, 0.4) is 0 Å². The van der Waals surface area contributed by atoms with Crippen LogP contribution in [0.15, 0.2) is 84.0 Å². The maximum Gasteiger partial charge on any atom is 0.240 e. The zero-order chi connectivity index (χ0) is 21.8. The van der Waals surface area contributed by atoms with Crippen molar-refractivity contribution >= 4 is 26.6 Å². The second-order valence-electron chi connectivity index (χ2n) is 7.48. The summed E-state index contributed by atoms with van der Waals surface area (Å²) in [6.07, 6.45) is 3.24. The summed E-state index contributed by atoms with van der Waals surface area (Å²) < 4.78 is 28.1. The van der Waals surface area contributed by atoms with Crippen LogP contribution in [0.2, 0.25) is 0 Å². The molecule has 4 aromatic rings. The molecule has 6 nitrogen and oxygen atoms in total. The van der Waals surface area contributed by atoms with E-state index in [1.807, 2.05) is 61.5 Å². The Hall–Kier alpha value is -3.45. The highest BCUT2D eigenvalue weighted by atomic mass is 32.2. The number of benzene rings is 2. The fraction of sp³-hybridized carbons (Fsp3) is 0.167. The zero-order valence-electron chi connectivity index (χ0n) is 17.2. The number of nitrogens with zero attached hydrogens (tertiary/aromatic N) is 2. The van der Waals surface area contributed by atoms with Gasteiger partial charge in [-0.1, -0.05) is 54.1 Å². The molecular formula is C24H23N3O3S. The Kier molecular flexibility index (Phi) is 5.86. The SMILES string of the molecule is Cc1ccc(CS(=O)(=O)c2cn(CC(=O)NCc3ccccn3)c3ccccc23)cc1. The standard InChI is InChI=1S/C24H23N3O3S/c1-18-9-11-19(12-10-18)17-31(29,30)23-15-27(22-8-3-2-7-21(22)23)16-24(28)26-14-20-6-4-5-13-25-20/h2-13,15H,14,16-17H2,1H3,(H,26,28). The molecule has 0 radical (unpaired) electrons. The number of aromatic nitrogens is 2. The highest BCUT2D eigenvalue weighted by Crippen LogP contribution is 2.28. The summed E-state index contributed by atoms with van der Waals surface area (Å²) >= 11 is 0. The van der Waals surface area contributed by atoms with E-state index < -0.39 is 9.84 Å². The van der Waals surface area contributed by atoms with E-state index in [4.69, 9.17) is 0 Å². The van der Waals surface area contributed by atoms with Crippen LogP contribution in [0.1, 0.15) is 16.8 Å². The minimum Gasteiger partial charge on any atom is -0.349 e. The van der Waals surface area contributed by atoms with Crippen molar-refractivity contribution in [2.45, 2.75) is 30.7 Å². The van der Waals surface area contributed by atoms with E-state index in [1.54, 1.807) is 29.1 Å². The van der Waals surface area contributed by atoms with Crippen molar-refractivity contribution < 1.29 is 13.2 Å². The van der Waals surface area contributed by atoms with Crippen LogP contribution in [0.25, 0.3) is 10.9 Å². The third-order valence-corrected chi connectivity index (χ3v) is 6.78. The van der Waals surface area contributed by atoms with Crippen LogP contribution in [-0.4, -0.2) is 23.9 Å². The first-order valence-corrected chi connectivity index (χ1v) is 11.6. The summed E-state index contributed by atoms with van der Waals surface area (Å²) in [5.74, 6) is -0.304. The van der Waals surface area contributed by atoms with Gasteiger partial charge >= 0.3 is 0 Å². The normalized spacial score (nSPS) is 11.5. The minimum absolute atomic E-state index is 0.0212. The minimum atomic E-state index is -3.59. The third-order valence-electron chi connectivity index (χ3n) is 5.07. The van der Waals surface area contributed by atoms with Crippen LogP contribution >= 0.6 is 0 Å². The lowest BCUT2D eigenvalue weighted by Crippen LogP contribution is -2.27. The Morgan fingerprint density at radius 3 is 2.48 bits per heavy atom. The highest BCUT2D eigenvalue weighted by molar-refractivity contribution is 7.90. The van der Waals surface area contributed by atoms with Gasteiger partial charge in [0, 0.05) is 23.3 Å². The first kappa shape index (κ1) is 20.8. The van der Waals surface area contributed by atoms with Gasteiger partial charge in [-0.05, 0) is 30.7 Å². The van der Waals surface area contributed by atoms with E-state index in [1.165, 1.54) is 0 Å². The summed E-state index contributed by atoms with van der Waals surface area (Å²) in [4.78, 5) is 16.9. The molecule has 0 aliphatic carbocycles. The molecule has 7 heteroatoms. The lowest BCUT2D eigenvalue weighted by atomic mass is 10.2. The van der Waals surface area contributed by atoms with Gasteiger partial charge in [0.05, 0.1) is 22.9 Å². The van der Waals surface area contributed by atoms with E-state index in [9.17, 15) is 13.2 Å². The number of hydrogen-bond donors (Lipinski definition) is 1. The number of rotatable bonds is 7. The number of pyridine rings is 1. The lowest BCUT2D eigenvalue weighted by Gasteiger charge is -2.07. The van der Waals surface area contributed by atoms with E-state index in [0.29, 0.717) is 17.4 Å². The van der Waals surface area contributed by atoms with Gasteiger partial charge < -0.3 is 9.88 Å². The van der Waals surface area contributed by atoms with Gasteiger partial charge in [-0.15, -0.1) is 0 Å². The molecule has 158 valence electrons. The molecule has 0 fully saturated rings. The van der Waals surface area contributed by atoms with Gasteiger partial charge in [0.1, 0.15) is 6.54 Å². The molecule has 0 saturated heterocycles. The number of carbonyl (C=O) groups excluding carboxylic acids is 1. The van der Waals surface area contributed by atoms with Crippen molar-refractivity contribution in [2.24, 2.45) is 0 Å². The molecule has 1 N–H and O–H groups in total. The van der Waals surface area contributed by atoms with E-state index in [2.05, 4.69) is 10.3 Å². The largest absolute Gasteiger partial charge is 0.349 e. The number of aryl methyl sites for hydroxylation is 1. The predicted octanol–water partition coefficient (Wildman–Crippen LogP) is 3.64. The molecule has 0 bridgehead atoms. The zero-order valence-corrected chi connectivity index (χ0v) is 18.0. The number of para-hydroxylation sites is 1. The molecule has 1 amide bonds. The highest BCUT2D eigenvalue weighted by Gasteiger charge is 2.22. The molecule has 0 saturated carbocycles. The topological polar surface area (TPSA) is 81.1 Å². The van der Waals surface area contributed by atoms with E-state index >= 15 is 0 Å². The van der Waals surface area contributed by atoms with Gasteiger partial charge in [-0.2, -0.15) is 0 Å². The van der Waals surface area contributed by atoms with Crippen molar-refractivity contribution in [1.82, 2.24) is 14.9 Å². The van der Waals surface area contributed by atoms with Gasteiger partial charge in [-0.25, -0.2) is 8.42 Å². The first-order valence-electron chi connectivity index (χ1n) is 9.95. The fourth-order valence-corrected chi connectivity index (χ4v) is 5.06. The predicted molar refractivity (Wildman–Crippen MR) is 120 cm³/mol. The Morgan fingerprint density at radius 2 is 1.74 bits per heavy atom. The molecule has 0 aliphatic rings. The van der Waals surface area contributed by atoms with Gasteiger partial charge in [-0.3, -0.25) is 9.78 Å². The second kappa shape index (κ2) is 8.73. The maximum absolute atomic E-state index is 13.2. The Balaban J connectivity index is 1.58. The number of fused-ring (bicyclic) bond motifs is 1. The molecule has 4 rings (SSSR count). The summed E-state index contributed by atoms with van der Waals surface area (Å²) in [7, 11) is -3.59. The second-order valence-corrected chi connectivity index (χ2v) is 9.44. The van der Waals surface area contributed by atoms with Gasteiger partial charge in [0.2, 0.25) is 5.91 Å². The molecule has 0 unspecified atom stereocenters. The Labute approximate surface area is 181 Å². The lowest BCUT2D eigenvalue weighted by molar-refractivity contribution is -0.121. The quantitative estimate of drug-likeness (QED) is 0.483. The molecule has 0 aliphatic heterocycles. The number of hydrogen-bond acceptors (Lipinski definition) is 4. The summed E-state index contributed by atoms with van der Waals surface area (Å²) in [6.45, 7) is 2.30. The van der Waals surface area contributed by atoms with Crippen molar-refractivity contribution in [2.75, 3.05) is 0 Å². The summed E-state index contributed by atoms with van der Waals surface area (Å²) in [5.41, 5.74) is 3.28. The summed E-state index contributed by atoms with van der Waals surface area (Å²) in [6, 6.07) is 20.2. The number of carbonyl (C=O) groups is 1. The van der Waals surface area contributed by atoms with Crippen molar-refractivity contribution in [1.29, 1.82) is 0 Å². The van der Waals surface area contributed by atoms with Crippen LogP contribution in [0.5, 0.6) is 0 Å². The molecule has 2 aromatic carbocycles. The molecule has 2 heterocycles. The van der Waals surface area contributed by atoms with Crippen LogP contribution in [0.4, 0.5) is 0 Å². The third kappa shape index (κ3) is 4.83. The molecule has 0 spiro atoms. The summed E-state index contributed by atoms with van der Waals surface area (Å²) in [5, 5.41) is 3.45. The molecule has 31 heavy (non-hydrogen) atoms. The fourth-order valence-electron chi connectivity index (χ4n) is 3.48. The molecule has 2 aromatic heterocycles. The Bertz CT molecular complexity index is 1310. The van der Waals surface area contributed by atoms with E-state index in [-0.39, 0.29) is 23.1 Å². The Morgan fingerprint density at radius 1 is 1.00 bits per heavy atom. The number of sulfone groups is 1. The van der Waals surface area contributed by atoms with Crippen LogP contribution in [0, 0.1) is 6.92 Å². The average Bonchev–Trinajstić information content (AvgIpc) is 3.14. The van der Waals surface area contributed by atoms with Gasteiger partial charge in [0.15, 0.2) is 9.84 Å².